The van der Waals surface area contributed by atoms with E-state index in [4.69, 9.17) is 4.99 Å². The van der Waals surface area contributed by atoms with Gasteiger partial charge in [-0.1, -0.05) is 6.08 Å². The molecule has 0 radical (unpaired) electrons. The summed E-state index contributed by atoms with van der Waals surface area (Å²) >= 11 is 0. The molecule has 1 aromatic rings. The number of hydrogen-bond acceptors (Lipinski definition) is 5. The Morgan fingerprint density at radius 2 is 2.00 bits per heavy atom. The fraction of sp³-hybridized carbons (Fsp3) is 0.650. The number of piperazine rings is 1. The van der Waals surface area contributed by atoms with E-state index in [0.717, 1.165) is 83.5 Å². The number of aliphatic imine (C=N–C) groups is 1. The average molecular weight is 374 g/mol. The van der Waals surface area contributed by atoms with Gasteiger partial charge in [0, 0.05) is 71.8 Å². The molecule has 0 aromatic carbocycles. The van der Waals surface area contributed by atoms with Crippen LogP contribution in [0, 0.1) is 0 Å². The van der Waals surface area contributed by atoms with E-state index < -0.39 is 0 Å². The van der Waals surface area contributed by atoms with Crippen molar-refractivity contribution in [1.82, 2.24) is 25.1 Å². The maximum atomic E-state index is 4.79. The van der Waals surface area contributed by atoms with Crippen molar-refractivity contribution in [2.24, 2.45) is 4.99 Å². The van der Waals surface area contributed by atoms with E-state index in [1.165, 1.54) is 0 Å². The van der Waals surface area contributed by atoms with Gasteiger partial charge in [-0.15, -0.1) is 6.58 Å². The molecule has 1 N–H and O–H groups in total. The third-order valence-electron chi connectivity index (χ3n) is 4.70. The zero-order chi connectivity index (χ0) is 19.3. The average Bonchev–Trinajstić information content (AvgIpc) is 2.71. The first-order valence-electron chi connectivity index (χ1n) is 10.1. The zero-order valence-electron chi connectivity index (χ0n) is 17.0. The van der Waals surface area contributed by atoms with E-state index in [1.54, 1.807) is 0 Å². The van der Waals surface area contributed by atoms with E-state index in [9.17, 15) is 0 Å². The van der Waals surface area contributed by atoms with Gasteiger partial charge in [-0.2, -0.15) is 0 Å². The number of unbranched alkanes of at least 4 members (excludes halogenated alkanes) is 1. The highest BCUT2D eigenvalue weighted by Gasteiger charge is 2.18. The van der Waals surface area contributed by atoms with Crippen molar-refractivity contribution in [3.63, 3.8) is 0 Å². The molecule has 0 aliphatic carbocycles. The molecule has 2 heterocycles. The molecule has 0 bridgehead atoms. The molecule has 0 atom stereocenters. The van der Waals surface area contributed by atoms with Crippen molar-refractivity contribution in [3.05, 3.63) is 31.1 Å². The monoisotopic (exact) mass is 373 g/mol. The molecule has 27 heavy (non-hydrogen) atoms. The molecule has 2 rings (SSSR count). The number of anilines is 1. The number of guanidine groups is 1. The Morgan fingerprint density at radius 1 is 1.26 bits per heavy atom. The molecule has 150 valence electrons. The van der Waals surface area contributed by atoms with Gasteiger partial charge < -0.3 is 15.1 Å². The van der Waals surface area contributed by atoms with Crippen molar-refractivity contribution in [3.8, 4) is 0 Å². The highest BCUT2D eigenvalue weighted by Crippen LogP contribution is 2.09. The molecule has 0 spiro atoms. The van der Waals surface area contributed by atoms with Crippen molar-refractivity contribution in [2.75, 3.05) is 64.3 Å². The lowest BCUT2D eigenvalue weighted by atomic mass is 10.3. The first kappa shape index (κ1) is 21.2. The van der Waals surface area contributed by atoms with Gasteiger partial charge in [0.05, 0.1) is 0 Å². The van der Waals surface area contributed by atoms with Crippen molar-refractivity contribution < 1.29 is 0 Å². The van der Waals surface area contributed by atoms with Gasteiger partial charge in [0.15, 0.2) is 5.96 Å². The van der Waals surface area contributed by atoms with E-state index in [-0.39, 0.29) is 0 Å². The number of allylic oxidation sites excluding steroid dienone is 1. The minimum absolute atomic E-state index is 0.844. The van der Waals surface area contributed by atoms with Crippen LogP contribution in [0.25, 0.3) is 0 Å². The lowest BCUT2D eigenvalue weighted by molar-refractivity contribution is 0.255. The Bertz CT molecular complexity index is 553. The second-order valence-corrected chi connectivity index (χ2v) is 6.82. The lowest BCUT2D eigenvalue weighted by Gasteiger charge is -2.34. The number of nitrogens with zero attached hydrogens (tertiary/aromatic N) is 6. The van der Waals surface area contributed by atoms with E-state index >= 15 is 0 Å². The van der Waals surface area contributed by atoms with Gasteiger partial charge in [-0.3, -0.25) is 9.89 Å². The quantitative estimate of drug-likeness (QED) is 0.292. The Balaban J connectivity index is 1.68. The molecule has 1 aliphatic rings. The van der Waals surface area contributed by atoms with Crippen LogP contribution in [-0.4, -0.2) is 85.1 Å². The second kappa shape index (κ2) is 12.3. The van der Waals surface area contributed by atoms with E-state index in [0.29, 0.717) is 0 Å². The largest absolute Gasteiger partial charge is 0.357 e. The van der Waals surface area contributed by atoms with E-state index in [2.05, 4.69) is 50.5 Å². The predicted molar refractivity (Wildman–Crippen MR) is 113 cm³/mol. The zero-order valence-corrected chi connectivity index (χ0v) is 17.0. The summed E-state index contributed by atoms with van der Waals surface area (Å²) in [5.41, 5.74) is 0. The Kier molecular flexibility index (Phi) is 9.62. The minimum atomic E-state index is 0.844. The van der Waals surface area contributed by atoms with Crippen LogP contribution < -0.4 is 10.2 Å². The molecule has 7 nitrogen and oxygen atoms in total. The third-order valence-corrected chi connectivity index (χ3v) is 4.70. The summed E-state index contributed by atoms with van der Waals surface area (Å²) in [6, 6.07) is 1.86. The van der Waals surface area contributed by atoms with Crippen LogP contribution in [0.4, 0.5) is 5.95 Å². The normalized spacial score (nSPS) is 15.6. The van der Waals surface area contributed by atoms with Gasteiger partial charge in [-0.25, -0.2) is 9.97 Å². The SMILES string of the molecule is C=CCCCN(C)C(=NCCCN1CCN(c2ncccn2)CC1)NCC. The highest BCUT2D eigenvalue weighted by molar-refractivity contribution is 5.79. The summed E-state index contributed by atoms with van der Waals surface area (Å²) in [5.74, 6) is 1.85. The van der Waals surface area contributed by atoms with E-state index in [1.807, 2.05) is 24.5 Å². The van der Waals surface area contributed by atoms with Crippen molar-refractivity contribution in [2.45, 2.75) is 26.2 Å². The summed E-state index contributed by atoms with van der Waals surface area (Å²) in [6.45, 7) is 13.8. The summed E-state index contributed by atoms with van der Waals surface area (Å²) in [7, 11) is 2.11. The topological polar surface area (TPSA) is 59.9 Å². The summed E-state index contributed by atoms with van der Waals surface area (Å²) in [6.07, 6.45) is 8.83. The van der Waals surface area contributed by atoms with Gasteiger partial charge in [0.1, 0.15) is 0 Å². The molecule has 0 amide bonds. The second-order valence-electron chi connectivity index (χ2n) is 6.82. The van der Waals surface area contributed by atoms with Gasteiger partial charge in [-0.05, 0) is 32.3 Å². The van der Waals surface area contributed by atoms with Gasteiger partial charge in [0.25, 0.3) is 0 Å². The Labute approximate surface area is 164 Å². The molecule has 1 aliphatic heterocycles. The van der Waals surface area contributed by atoms with Gasteiger partial charge >= 0.3 is 0 Å². The standard InChI is InChI=1S/C20H35N7/c1-4-6-7-13-25(3)19(21-5-2)22-12-9-14-26-15-17-27(18-16-26)20-23-10-8-11-24-20/h4,8,10-11H,1,5-7,9,12-18H2,2-3H3,(H,21,22). The molecule has 1 fully saturated rings. The Hall–Kier alpha value is -2.15. The molecular weight excluding hydrogens is 338 g/mol. The van der Waals surface area contributed by atoms with Crippen LogP contribution in [0.5, 0.6) is 0 Å². The Morgan fingerprint density at radius 3 is 2.67 bits per heavy atom. The molecule has 7 heteroatoms. The highest BCUT2D eigenvalue weighted by atomic mass is 15.3. The summed E-state index contributed by atoms with van der Waals surface area (Å²) in [4.78, 5) is 20.5. The molecule has 0 saturated carbocycles. The molecule has 1 saturated heterocycles. The molecule has 0 unspecified atom stereocenters. The number of aromatic nitrogens is 2. The smallest absolute Gasteiger partial charge is 0.225 e. The first-order valence-corrected chi connectivity index (χ1v) is 10.1. The van der Waals surface area contributed by atoms with Crippen LogP contribution in [0.3, 0.4) is 0 Å². The van der Waals surface area contributed by atoms with Crippen LogP contribution in [0.1, 0.15) is 26.2 Å². The van der Waals surface area contributed by atoms with Crippen LogP contribution >= 0.6 is 0 Å². The minimum Gasteiger partial charge on any atom is -0.357 e. The fourth-order valence-corrected chi connectivity index (χ4v) is 3.15. The van der Waals surface area contributed by atoms with Gasteiger partial charge in [0.2, 0.25) is 5.95 Å². The molecule has 1 aromatic heterocycles. The van der Waals surface area contributed by atoms with Crippen molar-refractivity contribution >= 4 is 11.9 Å². The number of rotatable bonds is 10. The van der Waals surface area contributed by atoms with Crippen LogP contribution in [0.15, 0.2) is 36.1 Å². The van der Waals surface area contributed by atoms with Crippen LogP contribution in [0.2, 0.25) is 0 Å². The predicted octanol–water partition coefficient (Wildman–Crippen LogP) is 1.85. The fourth-order valence-electron chi connectivity index (χ4n) is 3.15. The lowest BCUT2D eigenvalue weighted by Crippen LogP contribution is -2.47. The maximum absolute atomic E-state index is 4.79. The number of nitrogens with one attached hydrogen (secondary N) is 1. The summed E-state index contributed by atoms with van der Waals surface area (Å²) < 4.78 is 0. The first-order chi connectivity index (χ1) is 13.2. The summed E-state index contributed by atoms with van der Waals surface area (Å²) in [5, 5.41) is 3.39. The maximum Gasteiger partial charge on any atom is 0.225 e. The number of hydrogen-bond donors (Lipinski definition) is 1. The third kappa shape index (κ3) is 7.54. The van der Waals surface area contributed by atoms with Crippen molar-refractivity contribution in [1.29, 1.82) is 0 Å². The molecular formula is C20H35N7. The van der Waals surface area contributed by atoms with Crippen LogP contribution in [-0.2, 0) is 0 Å².